The van der Waals surface area contributed by atoms with Crippen LogP contribution in [0.1, 0.15) is 11.1 Å². The highest BCUT2D eigenvalue weighted by atomic mass is 31.2. The summed E-state index contributed by atoms with van der Waals surface area (Å²) in [7, 11) is -3.44. The van der Waals surface area contributed by atoms with E-state index in [2.05, 4.69) is 10.3 Å². The summed E-state index contributed by atoms with van der Waals surface area (Å²) in [4.78, 5) is 23.7. The fraction of sp³-hybridized carbons (Fsp3) is 0.312. The van der Waals surface area contributed by atoms with E-state index >= 15 is 0 Å². The summed E-state index contributed by atoms with van der Waals surface area (Å²) in [6, 6.07) is 12.3. The summed E-state index contributed by atoms with van der Waals surface area (Å²) in [5, 5.41) is 12.9. The Morgan fingerprint density at radius 3 is 2.61 bits per heavy atom. The highest BCUT2D eigenvalue weighted by molar-refractivity contribution is 7.57. The number of aliphatic hydroxyl groups excluding tert-OH is 1. The molecule has 1 heterocycles. The molecule has 0 aliphatic carbocycles. The van der Waals surface area contributed by atoms with Crippen LogP contribution >= 0.6 is 7.37 Å². The van der Waals surface area contributed by atoms with Crippen molar-refractivity contribution < 1.29 is 14.6 Å². The van der Waals surface area contributed by atoms with Gasteiger partial charge in [-0.05, 0) is 17.2 Å². The van der Waals surface area contributed by atoms with Crippen LogP contribution in [0.2, 0.25) is 0 Å². The van der Waals surface area contributed by atoms with Crippen LogP contribution in [0.15, 0.2) is 53.5 Å². The lowest BCUT2D eigenvalue weighted by atomic mass is 10.2. The van der Waals surface area contributed by atoms with Crippen LogP contribution in [0, 0.1) is 0 Å². The third-order valence-electron chi connectivity index (χ3n) is 3.32. The standard InChI is InChI=1S/C16H21N2O4P/c19-15(10-17-9-14-6-7-18-16(20)8-14)12-23(21,22)11-13-4-2-1-3-5-13/h1-8,15,17,19H,9-12H2,(H,18,20)(H,21,22). The number of H-pyrrole nitrogens is 1. The zero-order valence-electron chi connectivity index (χ0n) is 12.7. The van der Waals surface area contributed by atoms with Crippen molar-refractivity contribution in [3.05, 3.63) is 70.1 Å². The molecule has 0 radical (unpaired) electrons. The van der Waals surface area contributed by atoms with Crippen LogP contribution in [0.4, 0.5) is 0 Å². The predicted octanol–water partition coefficient (Wildman–Crippen LogP) is 1.30. The summed E-state index contributed by atoms with van der Waals surface area (Å²) in [6.45, 7) is 0.599. The van der Waals surface area contributed by atoms with Gasteiger partial charge in [-0.25, -0.2) is 0 Å². The molecule has 0 saturated carbocycles. The highest BCUT2D eigenvalue weighted by Gasteiger charge is 2.23. The Morgan fingerprint density at radius 2 is 1.91 bits per heavy atom. The third-order valence-corrected chi connectivity index (χ3v) is 5.17. The Kier molecular flexibility index (Phi) is 6.30. The van der Waals surface area contributed by atoms with Crippen molar-refractivity contribution in [2.45, 2.75) is 18.8 Å². The first kappa shape index (κ1) is 17.6. The molecule has 23 heavy (non-hydrogen) atoms. The minimum atomic E-state index is -3.44. The lowest BCUT2D eigenvalue weighted by Crippen LogP contribution is -2.29. The fourth-order valence-electron chi connectivity index (χ4n) is 2.31. The second kappa shape index (κ2) is 8.22. The molecule has 0 aliphatic rings. The number of aliphatic hydroxyl groups is 1. The summed E-state index contributed by atoms with van der Waals surface area (Å²) < 4.78 is 12.2. The van der Waals surface area contributed by atoms with Crippen molar-refractivity contribution in [1.29, 1.82) is 0 Å². The van der Waals surface area contributed by atoms with Gasteiger partial charge in [-0.15, -0.1) is 0 Å². The molecular formula is C16H21N2O4P. The topological polar surface area (TPSA) is 102 Å². The Balaban J connectivity index is 1.78. The first-order valence-corrected chi connectivity index (χ1v) is 9.39. The number of hydrogen-bond donors (Lipinski definition) is 4. The number of hydrogen-bond acceptors (Lipinski definition) is 4. The van der Waals surface area contributed by atoms with Gasteiger partial charge in [0.2, 0.25) is 12.9 Å². The lowest BCUT2D eigenvalue weighted by Gasteiger charge is -2.17. The predicted molar refractivity (Wildman–Crippen MR) is 89.6 cm³/mol. The van der Waals surface area contributed by atoms with Crippen molar-refractivity contribution in [3.63, 3.8) is 0 Å². The van der Waals surface area contributed by atoms with E-state index in [0.717, 1.165) is 11.1 Å². The Labute approximate surface area is 134 Å². The summed E-state index contributed by atoms with van der Waals surface area (Å²) in [6.07, 6.45) is 0.525. The van der Waals surface area contributed by atoms with Gasteiger partial charge >= 0.3 is 0 Å². The number of nitrogens with one attached hydrogen (secondary N) is 2. The molecule has 0 bridgehead atoms. The number of aromatic amines is 1. The van der Waals surface area contributed by atoms with Gasteiger partial charge < -0.3 is 20.3 Å². The lowest BCUT2D eigenvalue weighted by molar-refractivity contribution is 0.190. The van der Waals surface area contributed by atoms with Gasteiger partial charge in [-0.2, -0.15) is 0 Å². The van der Waals surface area contributed by atoms with E-state index in [1.54, 1.807) is 24.4 Å². The molecule has 2 atom stereocenters. The highest BCUT2D eigenvalue weighted by Crippen LogP contribution is 2.44. The van der Waals surface area contributed by atoms with Gasteiger partial charge in [0.05, 0.1) is 12.3 Å². The molecule has 6 nitrogen and oxygen atoms in total. The Morgan fingerprint density at radius 1 is 1.17 bits per heavy atom. The van der Waals surface area contributed by atoms with E-state index in [1.807, 2.05) is 18.2 Å². The monoisotopic (exact) mass is 336 g/mol. The second-order valence-corrected chi connectivity index (χ2v) is 7.89. The number of pyridine rings is 1. The molecule has 0 spiro atoms. The van der Waals surface area contributed by atoms with Crippen molar-refractivity contribution in [1.82, 2.24) is 10.3 Å². The molecule has 4 N–H and O–H groups in total. The number of rotatable bonds is 8. The van der Waals surface area contributed by atoms with Gasteiger partial charge in [0, 0.05) is 31.5 Å². The smallest absolute Gasteiger partial charge is 0.248 e. The van der Waals surface area contributed by atoms with Crippen molar-refractivity contribution in [2.75, 3.05) is 12.7 Å². The zero-order valence-corrected chi connectivity index (χ0v) is 13.6. The number of aromatic nitrogens is 1. The fourth-order valence-corrected chi connectivity index (χ4v) is 4.01. The molecule has 2 aromatic rings. The maximum absolute atomic E-state index is 12.2. The maximum atomic E-state index is 12.2. The van der Waals surface area contributed by atoms with Gasteiger partial charge in [0.1, 0.15) is 0 Å². The van der Waals surface area contributed by atoms with Crippen LogP contribution in [-0.4, -0.2) is 33.8 Å². The van der Waals surface area contributed by atoms with E-state index in [9.17, 15) is 19.4 Å². The van der Waals surface area contributed by atoms with Crippen molar-refractivity contribution in [2.24, 2.45) is 0 Å². The van der Waals surface area contributed by atoms with Crippen LogP contribution in [0.25, 0.3) is 0 Å². The molecule has 7 heteroatoms. The minimum Gasteiger partial charge on any atom is -0.391 e. The zero-order chi connectivity index (χ0) is 16.7. The summed E-state index contributed by atoms with van der Waals surface area (Å²) in [5.41, 5.74) is 1.38. The quantitative estimate of drug-likeness (QED) is 0.544. The van der Waals surface area contributed by atoms with Gasteiger partial charge in [-0.3, -0.25) is 9.36 Å². The molecule has 2 rings (SSSR count). The van der Waals surface area contributed by atoms with E-state index in [-0.39, 0.29) is 24.4 Å². The molecule has 2 unspecified atom stereocenters. The average molecular weight is 336 g/mol. The molecule has 0 saturated heterocycles. The average Bonchev–Trinajstić information content (AvgIpc) is 2.47. The molecule has 1 aromatic carbocycles. The number of benzene rings is 1. The first-order valence-electron chi connectivity index (χ1n) is 7.36. The Bertz CT molecular complexity index is 717. The van der Waals surface area contributed by atoms with E-state index in [0.29, 0.717) is 6.54 Å². The van der Waals surface area contributed by atoms with Gasteiger partial charge in [-0.1, -0.05) is 30.3 Å². The second-order valence-electron chi connectivity index (χ2n) is 5.52. The third kappa shape index (κ3) is 6.50. The molecule has 1 aromatic heterocycles. The molecule has 124 valence electrons. The largest absolute Gasteiger partial charge is 0.391 e. The minimum absolute atomic E-state index is 0.0545. The van der Waals surface area contributed by atoms with E-state index < -0.39 is 13.5 Å². The van der Waals surface area contributed by atoms with Crippen molar-refractivity contribution >= 4 is 7.37 Å². The van der Waals surface area contributed by atoms with Gasteiger partial charge in [0.15, 0.2) is 0 Å². The Hall–Kier alpha value is -1.72. The first-order chi connectivity index (χ1) is 10.9. The van der Waals surface area contributed by atoms with Crippen LogP contribution in [-0.2, 0) is 17.3 Å². The molecule has 0 fully saturated rings. The molecular weight excluding hydrogens is 315 g/mol. The van der Waals surface area contributed by atoms with Crippen LogP contribution < -0.4 is 10.9 Å². The SMILES string of the molecule is O=c1cc(CNCC(O)CP(=O)(O)Cc2ccccc2)cc[nH]1. The summed E-state index contributed by atoms with van der Waals surface area (Å²) >= 11 is 0. The van der Waals surface area contributed by atoms with Crippen LogP contribution in [0.5, 0.6) is 0 Å². The van der Waals surface area contributed by atoms with E-state index in [1.165, 1.54) is 6.07 Å². The van der Waals surface area contributed by atoms with Crippen molar-refractivity contribution in [3.8, 4) is 0 Å². The van der Waals surface area contributed by atoms with E-state index in [4.69, 9.17) is 0 Å². The molecule has 0 aliphatic heterocycles. The molecule has 0 amide bonds. The van der Waals surface area contributed by atoms with Gasteiger partial charge in [0.25, 0.3) is 0 Å². The summed E-state index contributed by atoms with van der Waals surface area (Å²) in [5.74, 6) is 0. The van der Waals surface area contributed by atoms with Crippen LogP contribution in [0.3, 0.4) is 0 Å². The maximum Gasteiger partial charge on any atom is 0.248 e. The normalized spacial score (nSPS) is 15.0.